The Bertz CT molecular complexity index is 800. The Hall–Kier alpha value is -2.22. The van der Waals surface area contributed by atoms with E-state index in [0.29, 0.717) is 25.2 Å². The van der Waals surface area contributed by atoms with E-state index in [1.54, 1.807) is 30.3 Å². The predicted octanol–water partition coefficient (Wildman–Crippen LogP) is 1.82. The largest absolute Gasteiger partial charge is 0.467 e. The van der Waals surface area contributed by atoms with Gasteiger partial charge >= 0.3 is 5.97 Å². The molecule has 28 heavy (non-hydrogen) atoms. The Labute approximate surface area is 164 Å². The number of esters is 1. The summed E-state index contributed by atoms with van der Waals surface area (Å²) < 4.78 is 22.6. The molecule has 0 bridgehead atoms. The first-order chi connectivity index (χ1) is 13.3. The minimum absolute atomic E-state index is 0.321. The first kappa shape index (κ1) is 19.1. The monoisotopic (exact) mass is 387 g/mol. The fourth-order valence-electron chi connectivity index (χ4n) is 4.08. The number of hydrogen-bond donors (Lipinski definition) is 1. The smallest absolute Gasteiger partial charge is 0.336 e. The van der Waals surface area contributed by atoms with Gasteiger partial charge in [0.1, 0.15) is 5.60 Å². The Morgan fingerprint density at radius 2 is 1.86 bits per heavy atom. The zero-order valence-corrected chi connectivity index (χ0v) is 16.3. The van der Waals surface area contributed by atoms with Gasteiger partial charge in [-0.2, -0.15) is 0 Å². The summed E-state index contributed by atoms with van der Waals surface area (Å²) in [6, 6.07) is 8.78. The van der Waals surface area contributed by atoms with Crippen molar-refractivity contribution in [1.82, 2.24) is 5.32 Å². The number of ether oxygens (including phenoxy) is 4. The number of hydrogen-bond acceptors (Lipinski definition) is 6. The van der Waals surface area contributed by atoms with Crippen LogP contribution in [0.2, 0.25) is 0 Å². The molecule has 1 spiro atoms. The molecule has 2 saturated heterocycles. The number of epoxide rings is 1. The van der Waals surface area contributed by atoms with Gasteiger partial charge in [0.2, 0.25) is 0 Å². The van der Waals surface area contributed by atoms with E-state index in [4.69, 9.17) is 18.9 Å². The molecule has 7 nitrogen and oxygen atoms in total. The number of amides is 1. The van der Waals surface area contributed by atoms with Crippen molar-refractivity contribution in [1.29, 1.82) is 0 Å². The van der Waals surface area contributed by atoms with Gasteiger partial charge in [-0.15, -0.1) is 0 Å². The molecule has 0 unspecified atom stereocenters. The summed E-state index contributed by atoms with van der Waals surface area (Å²) in [5.41, 5.74) is -1.31. The van der Waals surface area contributed by atoms with Crippen LogP contribution >= 0.6 is 0 Å². The number of rotatable bonds is 4. The summed E-state index contributed by atoms with van der Waals surface area (Å²) in [6.45, 7) is 4.57. The highest BCUT2D eigenvalue weighted by molar-refractivity contribution is 5.99. The molecule has 2 aliphatic heterocycles. The van der Waals surface area contributed by atoms with Crippen LogP contribution in [-0.2, 0) is 23.7 Å². The Balaban J connectivity index is 1.71. The molecule has 3 aliphatic rings. The second-order valence-electron chi connectivity index (χ2n) is 8.05. The van der Waals surface area contributed by atoms with Crippen LogP contribution in [-0.4, -0.2) is 55.2 Å². The van der Waals surface area contributed by atoms with Crippen LogP contribution < -0.4 is 5.32 Å². The van der Waals surface area contributed by atoms with Gasteiger partial charge in [0.05, 0.1) is 26.4 Å². The summed E-state index contributed by atoms with van der Waals surface area (Å²) in [4.78, 5) is 25.9. The number of methoxy groups -OCH3 is 1. The standard InChI is InChI=1S/C21H25NO6/c1-19(2)26-12-16(28-19)15-11-20(13-27-20)9-10-21(15,18(24)25-3)22-17(23)14-7-5-4-6-8-14/h4-10,15-16H,11-13H2,1-3H3,(H,22,23)/t15-,16+,20-,21-/m0/s1. The third kappa shape index (κ3) is 3.34. The average molecular weight is 387 g/mol. The molecule has 4 rings (SSSR count). The van der Waals surface area contributed by atoms with Crippen LogP contribution in [0.25, 0.3) is 0 Å². The second-order valence-corrected chi connectivity index (χ2v) is 8.05. The SMILES string of the molecule is COC(=O)[C@]1(NC(=O)c2ccccc2)C=C[C@@]2(CO2)C[C@H]1[C@H]1COC(C)(C)O1. The molecule has 1 aromatic rings. The van der Waals surface area contributed by atoms with E-state index in [1.165, 1.54) is 7.11 Å². The third-order valence-corrected chi connectivity index (χ3v) is 5.67. The third-order valence-electron chi connectivity index (χ3n) is 5.67. The highest BCUT2D eigenvalue weighted by Gasteiger charge is 2.60. The van der Waals surface area contributed by atoms with Gasteiger partial charge in [0.15, 0.2) is 11.3 Å². The maximum Gasteiger partial charge on any atom is 0.336 e. The summed E-state index contributed by atoms with van der Waals surface area (Å²) in [5, 5.41) is 2.93. The van der Waals surface area contributed by atoms with Gasteiger partial charge in [-0.3, -0.25) is 4.79 Å². The Morgan fingerprint density at radius 1 is 1.14 bits per heavy atom. The number of carbonyl (C=O) groups excluding carboxylic acids is 2. The molecule has 2 heterocycles. The summed E-state index contributed by atoms with van der Waals surface area (Å²) in [6.07, 6.45) is 3.69. The van der Waals surface area contributed by atoms with E-state index >= 15 is 0 Å². The highest BCUT2D eigenvalue weighted by Crippen LogP contribution is 2.47. The Morgan fingerprint density at radius 3 is 2.43 bits per heavy atom. The van der Waals surface area contributed by atoms with Crippen molar-refractivity contribution in [3.63, 3.8) is 0 Å². The zero-order chi connectivity index (χ0) is 20.0. The minimum atomic E-state index is -1.37. The minimum Gasteiger partial charge on any atom is -0.467 e. The fourth-order valence-corrected chi connectivity index (χ4v) is 4.08. The van der Waals surface area contributed by atoms with Gasteiger partial charge in [-0.1, -0.05) is 24.3 Å². The first-order valence-corrected chi connectivity index (χ1v) is 9.41. The first-order valence-electron chi connectivity index (χ1n) is 9.41. The topological polar surface area (TPSA) is 86.4 Å². The molecule has 4 atom stereocenters. The summed E-state index contributed by atoms with van der Waals surface area (Å²) in [7, 11) is 1.32. The fraction of sp³-hybridized carbons (Fsp3) is 0.524. The van der Waals surface area contributed by atoms with E-state index in [1.807, 2.05) is 26.0 Å². The van der Waals surface area contributed by atoms with Crippen molar-refractivity contribution >= 4 is 11.9 Å². The number of nitrogens with one attached hydrogen (secondary N) is 1. The molecule has 7 heteroatoms. The highest BCUT2D eigenvalue weighted by atomic mass is 16.7. The molecule has 1 amide bonds. The summed E-state index contributed by atoms with van der Waals surface area (Å²) >= 11 is 0. The lowest BCUT2D eigenvalue weighted by atomic mass is 9.70. The van der Waals surface area contributed by atoms with Crippen LogP contribution in [0.1, 0.15) is 30.6 Å². The molecule has 0 saturated carbocycles. The van der Waals surface area contributed by atoms with E-state index in [9.17, 15) is 9.59 Å². The molecule has 2 fully saturated rings. The van der Waals surface area contributed by atoms with Crippen LogP contribution in [0.5, 0.6) is 0 Å². The van der Waals surface area contributed by atoms with E-state index in [0.717, 1.165) is 0 Å². The molecular weight excluding hydrogens is 362 g/mol. The lowest BCUT2D eigenvalue weighted by molar-refractivity contribution is -0.161. The normalized spacial score (nSPS) is 35.5. The van der Waals surface area contributed by atoms with Gasteiger partial charge in [-0.05, 0) is 38.5 Å². The molecule has 0 radical (unpaired) electrons. The van der Waals surface area contributed by atoms with E-state index < -0.39 is 34.9 Å². The van der Waals surface area contributed by atoms with Crippen LogP contribution in [0, 0.1) is 5.92 Å². The van der Waals surface area contributed by atoms with Crippen molar-refractivity contribution < 1.29 is 28.5 Å². The van der Waals surface area contributed by atoms with E-state index in [-0.39, 0.29) is 5.91 Å². The van der Waals surface area contributed by atoms with Crippen molar-refractivity contribution in [2.75, 3.05) is 20.3 Å². The van der Waals surface area contributed by atoms with Crippen molar-refractivity contribution in [2.24, 2.45) is 5.92 Å². The van der Waals surface area contributed by atoms with Crippen molar-refractivity contribution in [3.8, 4) is 0 Å². The van der Waals surface area contributed by atoms with Crippen LogP contribution in [0.4, 0.5) is 0 Å². The molecule has 1 aliphatic carbocycles. The number of benzene rings is 1. The lowest BCUT2D eigenvalue weighted by Crippen LogP contribution is -2.64. The van der Waals surface area contributed by atoms with Gasteiger partial charge in [0.25, 0.3) is 5.91 Å². The maximum absolute atomic E-state index is 13.0. The molecular formula is C21H25NO6. The molecule has 0 aromatic heterocycles. The average Bonchev–Trinajstić information content (AvgIpc) is 3.35. The zero-order valence-electron chi connectivity index (χ0n) is 16.3. The van der Waals surface area contributed by atoms with Crippen molar-refractivity contribution in [2.45, 2.75) is 43.3 Å². The summed E-state index contributed by atoms with van der Waals surface area (Å²) in [5.74, 6) is -2.05. The second kappa shape index (κ2) is 6.69. The van der Waals surface area contributed by atoms with Gasteiger partial charge in [-0.25, -0.2) is 4.79 Å². The van der Waals surface area contributed by atoms with Gasteiger partial charge in [0, 0.05) is 11.5 Å². The van der Waals surface area contributed by atoms with E-state index in [2.05, 4.69) is 5.32 Å². The molecule has 1 N–H and O–H groups in total. The van der Waals surface area contributed by atoms with Crippen LogP contribution in [0.3, 0.4) is 0 Å². The molecule has 1 aromatic carbocycles. The Kier molecular flexibility index (Phi) is 4.56. The number of carbonyl (C=O) groups is 2. The quantitative estimate of drug-likeness (QED) is 0.482. The lowest BCUT2D eigenvalue weighted by Gasteiger charge is -2.42. The predicted molar refractivity (Wildman–Crippen MR) is 99.5 cm³/mol. The molecule has 150 valence electrons. The van der Waals surface area contributed by atoms with Crippen molar-refractivity contribution in [3.05, 3.63) is 48.0 Å². The van der Waals surface area contributed by atoms with Gasteiger partial charge < -0.3 is 24.3 Å². The van der Waals surface area contributed by atoms with Crippen LogP contribution in [0.15, 0.2) is 42.5 Å². The maximum atomic E-state index is 13.0.